The van der Waals surface area contributed by atoms with Gasteiger partial charge >= 0.3 is 0 Å². The Hall–Kier alpha value is -1.20. The van der Waals surface area contributed by atoms with Crippen LogP contribution in [-0.2, 0) is 6.61 Å². The van der Waals surface area contributed by atoms with Crippen LogP contribution < -0.4 is 0 Å². The Morgan fingerprint density at radius 2 is 1.83 bits per heavy atom. The molecular formula is C20H31NO3. The number of hydrogen-bond donors (Lipinski definition) is 3. The van der Waals surface area contributed by atoms with Gasteiger partial charge in [0, 0.05) is 25.0 Å². The molecule has 1 saturated carbocycles. The standard InChI is InChI=1S/C20H31NO3/c1-3-12-21(18-6-4-5-7-18)13-19(23)15(2)20(24)17-10-8-16(14-22)9-11-17/h3,8-11,15,18-20,22-24H,1,4-7,12-14H2,2H3. The lowest BCUT2D eigenvalue weighted by molar-refractivity contribution is -0.00323. The molecule has 1 aromatic carbocycles. The molecule has 134 valence electrons. The Kier molecular flexibility index (Phi) is 7.43. The molecule has 4 heteroatoms. The van der Waals surface area contributed by atoms with E-state index in [1.165, 1.54) is 25.7 Å². The van der Waals surface area contributed by atoms with Gasteiger partial charge in [-0.25, -0.2) is 0 Å². The molecule has 4 nitrogen and oxygen atoms in total. The van der Waals surface area contributed by atoms with Crippen LogP contribution in [0.4, 0.5) is 0 Å². The normalized spacial score (nSPS) is 19.4. The first-order chi connectivity index (χ1) is 11.6. The van der Waals surface area contributed by atoms with E-state index in [0.29, 0.717) is 12.6 Å². The van der Waals surface area contributed by atoms with Gasteiger partial charge in [-0.1, -0.05) is 50.1 Å². The Labute approximate surface area is 145 Å². The third kappa shape index (κ3) is 4.90. The third-order valence-electron chi connectivity index (χ3n) is 5.24. The summed E-state index contributed by atoms with van der Waals surface area (Å²) in [4.78, 5) is 2.29. The lowest BCUT2D eigenvalue weighted by Gasteiger charge is -2.33. The van der Waals surface area contributed by atoms with E-state index in [1.54, 1.807) is 12.1 Å². The molecule has 0 heterocycles. The van der Waals surface area contributed by atoms with Crippen molar-refractivity contribution in [2.24, 2.45) is 5.92 Å². The van der Waals surface area contributed by atoms with E-state index in [2.05, 4.69) is 11.5 Å². The minimum Gasteiger partial charge on any atom is -0.392 e. The molecule has 0 aliphatic heterocycles. The van der Waals surface area contributed by atoms with Crippen molar-refractivity contribution in [1.29, 1.82) is 0 Å². The van der Waals surface area contributed by atoms with Crippen LogP contribution in [0.1, 0.15) is 49.8 Å². The Balaban J connectivity index is 1.97. The maximum atomic E-state index is 10.6. The lowest BCUT2D eigenvalue weighted by Crippen LogP contribution is -2.42. The van der Waals surface area contributed by atoms with Gasteiger partial charge in [-0.15, -0.1) is 6.58 Å². The Bertz CT molecular complexity index is 496. The van der Waals surface area contributed by atoms with Crippen LogP contribution in [0, 0.1) is 5.92 Å². The summed E-state index contributed by atoms with van der Waals surface area (Å²) in [6, 6.07) is 7.77. The molecule has 3 unspecified atom stereocenters. The molecule has 1 aliphatic rings. The summed E-state index contributed by atoms with van der Waals surface area (Å²) in [6.07, 6.45) is 5.44. The van der Waals surface area contributed by atoms with E-state index in [-0.39, 0.29) is 12.5 Å². The molecule has 0 aromatic heterocycles. The topological polar surface area (TPSA) is 63.9 Å². The van der Waals surface area contributed by atoms with Crippen LogP contribution in [0.5, 0.6) is 0 Å². The van der Waals surface area contributed by atoms with Crippen molar-refractivity contribution < 1.29 is 15.3 Å². The quantitative estimate of drug-likeness (QED) is 0.608. The predicted molar refractivity (Wildman–Crippen MR) is 96.5 cm³/mol. The smallest absolute Gasteiger partial charge is 0.0840 e. The summed E-state index contributed by atoms with van der Waals surface area (Å²) >= 11 is 0. The zero-order chi connectivity index (χ0) is 17.5. The average molecular weight is 333 g/mol. The SMILES string of the molecule is C=CCN(CC(O)C(C)C(O)c1ccc(CO)cc1)C1CCCC1. The van der Waals surface area contributed by atoms with E-state index in [9.17, 15) is 10.2 Å². The van der Waals surface area contributed by atoms with Crippen LogP contribution in [0.25, 0.3) is 0 Å². The molecule has 2 rings (SSSR count). The highest BCUT2D eigenvalue weighted by Crippen LogP contribution is 2.28. The molecule has 1 aliphatic carbocycles. The van der Waals surface area contributed by atoms with Crippen LogP contribution in [0.3, 0.4) is 0 Å². The average Bonchev–Trinajstić information content (AvgIpc) is 3.14. The van der Waals surface area contributed by atoms with E-state index >= 15 is 0 Å². The molecule has 0 bridgehead atoms. The highest BCUT2D eigenvalue weighted by molar-refractivity contribution is 5.24. The summed E-state index contributed by atoms with van der Waals surface area (Å²) in [7, 11) is 0. The second-order valence-corrected chi connectivity index (χ2v) is 6.95. The van der Waals surface area contributed by atoms with Crippen molar-refractivity contribution in [3.63, 3.8) is 0 Å². The van der Waals surface area contributed by atoms with Crippen LogP contribution >= 0.6 is 0 Å². The van der Waals surface area contributed by atoms with Gasteiger partial charge < -0.3 is 15.3 Å². The van der Waals surface area contributed by atoms with E-state index < -0.39 is 12.2 Å². The number of aliphatic hydroxyl groups is 3. The molecule has 0 amide bonds. The number of nitrogens with zero attached hydrogens (tertiary/aromatic N) is 1. The number of hydrogen-bond acceptors (Lipinski definition) is 4. The van der Waals surface area contributed by atoms with Gasteiger partial charge in [-0.2, -0.15) is 0 Å². The van der Waals surface area contributed by atoms with Crippen molar-refractivity contribution >= 4 is 0 Å². The molecule has 24 heavy (non-hydrogen) atoms. The second-order valence-electron chi connectivity index (χ2n) is 6.95. The second kappa shape index (κ2) is 9.33. The van der Waals surface area contributed by atoms with Gasteiger partial charge in [0.1, 0.15) is 0 Å². The minimum atomic E-state index is -0.720. The molecule has 3 atom stereocenters. The van der Waals surface area contributed by atoms with Crippen LogP contribution in [0.15, 0.2) is 36.9 Å². The molecule has 3 N–H and O–H groups in total. The zero-order valence-corrected chi connectivity index (χ0v) is 14.6. The van der Waals surface area contributed by atoms with Crippen LogP contribution in [-0.4, -0.2) is 45.5 Å². The summed E-state index contributed by atoms with van der Waals surface area (Å²) in [5.41, 5.74) is 1.59. The van der Waals surface area contributed by atoms with Crippen molar-refractivity contribution in [3.8, 4) is 0 Å². The molecule has 1 aromatic rings. The van der Waals surface area contributed by atoms with E-state index in [0.717, 1.165) is 17.7 Å². The molecule has 0 spiro atoms. The predicted octanol–water partition coefficient (Wildman–Crippen LogP) is 2.64. The highest BCUT2D eigenvalue weighted by atomic mass is 16.3. The lowest BCUT2D eigenvalue weighted by atomic mass is 9.91. The number of rotatable bonds is 9. The number of aliphatic hydroxyl groups excluding tert-OH is 3. The van der Waals surface area contributed by atoms with Gasteiger partial charge in [0.05, 0.1) is 18.8 Å². The maximum absolute atomic E-state index is 10.6. The third-order valence-corrected chi connectivity index (χ3v) is 5.24. The van der Waals surface area contributed by atoms with Crippen molar-refractivity contribution in [2.45, 2.75) is 57.5 Å². The Morgan fingerprint density at radius 3 is 2.38 bits per heavy atom. The summed E-state index contributed by atoms with van der Waals surface area (Å²) < 4.78 is 0. The summed E-state index contributed by atoms with van der Waals surface area (Å²) in [5.74, 6) is -0.265. The molecule has 0 saturated heterocycles. The maximum Gasteiger partial charge on any atom is 0.0840 e. The molecule has 0 radical (unpaired) electrons. The van der Waals surface area contributed by atoms with Crippen molar-refractivity contribution in [1.82, 2.24) is 4.90 Å². The van der Waals surface area contributed by atoms with Crippen molar-refractivity contribution in [3.05, 3.63) is 48.0 Å². The first-order valence-corrected chi connectivity index (χ1v) is 8.97. The fourth-order valence-corrected chi connectivity index (χ4v) is 3.55. The summed E-state index contributed by atoms with van der Waals surface area (Å²) in [6.45, 7) is 7.04. The van der Waals surface area contributed by atoms with Gasteiger partial charge in [0.25, 0.3) is 0 Å². The van der Waals surface area contributed by atoms with E-state index in [4.69, 9.17) is 5.11 Å². The zero-order valence-electron chi connectivity index (χ0n) is 14.6. The fourth-order valence-electron chi connectivity index (χ4n) is 3.55. The minimum absolute atomic E-state index is 0.00748. The van der Waals surface area contributed by atoms with Gasteiger partial charge in [0.2, 0.25) is 0 Å². The van der Waals surface area contributed by atoms with Gasteiger partial charge in [-0.05, 0) is 24.0 Å². The summed E-state index contributed by atoms with van der Waals surface area (Å²) in [5, 5.41) is 30.3. The fraction of sp³-hybridized carbons (Fsp3) is 0.600. The van der Waals surface area contributed by atoms with Crippen molar-refractivity contribution in [2.75, 3.05) is 13.1 Å². The Morgan fingerprint density at radius 1 is 1.21 bits per heavy atom. The monoisotopic (exact) mass is 333 g/mol. The van der Waals surface area contributed by atoms with Crippen LogP contribution in [0.2, 0.25) is 0 Å². The highest BCUT2D eigenvalue weighted by Gasteiger charge is 2.29. The molecular weight excluding hydrogens is 302 g/mol. The van der Waals surface area contributed by atoms with Gasteiger partial charge in [-0.3, -0.25) is 4.90 Å². The first-order valence-electron chi connectivity index (χ1n) is 8.97. The van der Waals surface area contributed by atoms with Gasteiger partial charge in [0.15, 0.2) is 0 Å². The largest absolute Gasteiger partial charge is 0.392 e. The van der Waals surface area contributed by atoms with E-state index in [1.807, 2.05) is 25.1 Å². The molecule has 1 fully saturated rings. The number of benzene rings is 1. The first kappa shape index (κ1) is 19.1.